The highest BCUT2D eigenvalue weighted by Gasteiger charge is 2.20. The lowest BCUT2D eigenvalue weighted by atomic mass is 10.2. The summed E-state index contributed by atoms with van der Waals surface area (Å²) in [4.78, 5) is 12.3. The smallest absolute Gasteiger partial charge is 0.221 e. The van der Waals surface area contributed by atoms with Crippen molar-refractivity contribution in [1.82, 2.24) is 10.6 Å². The van der Waals surface area contributed by atoms with Crippen molar-refractivity contribution in [3.8, 4) is 0 Å². The summed E-state index contributed by atoms with van der Waals surface area (Å²) < 4.78 is 0. The number of rotatable bonds is 3. The maximum Gasteiger partial charge on any atom is 0.221 e. The Morgan fingerprint density at radius 2 is 2.57 bits per heavy atom. The van der Waals surface area contributed by atoms with Crippen molar-refractivity contribution in [1.29, 1.82) is 0 Å². The van der Waals surface area contributed by atoms with Crippen LogP contribution in [0.4, 0.5) is 0 Å². The van der Waals surface area contributed by atoms with Crippen molar-refractivity contribution in [3.05, 3.63) is 21.9 Å². The van der Waals surface area contributed by atoms with Crippen LogP contribution >= 0.6 is 11.3 Å². The maximum atomic E-state index is 10.9. The molecule has 2 heterocycles. The van der Waals surface area contributed by atoms with Gasteiger partial charge in [-0.1, -0.05) is 0 Å². The van der Waals surface area contributed by atoms with Gasteiger partial charge in [0.15, 0.2) is 0 Å². The van der Waals surface area contributed by atoms with Crippen LogP contribution in [0.25, 0.3) is 0 Å². The van der Waals surface area contributed by atoms with Gasteiger partial charge in [0, 0.05) is 30.4 Å². The van der Waals surface area contributed by atoms with Gasteiger partial charge in [-0.25, -0.2) is 0 Å². The molecule has 0 spiro atoms. The van der Waals surface area contributed by atoms with Gasteiger partial charge in [0.2, 0.25) is 5.91 Å². The molecular formula is C10H14N2OS. The topological polar surface area (TPSA) is 41.1 Å². The summed E-state index contributed by atoms with van der Waals surface area (Å²) in [5.74, 6) is 0.157. The summed E-state index contributed by atoms with van der Waals surface area (Å²) in [5.41, 5.74) is 1.34. The molecular weight excluding hydrogens is 196 g/mol. The Hall–Kier alpha value is -0.870. The maximum absolute atomic E-state index is 10.9. The lowest BCUT2D eigenvalue weighted by molar-refractivity contribution is -0.119. The highest BCUT2D eigenvalue weighted by Crippen LogP contribution is 2.15. The Morgan fingerprint density at radius 1 is 1.71 bits per heavy atom. The van der Waals surface area contributed by atoms with Crippen molar-refractivity contribution in [2.45, 2.75) is 25.9 Å². The summed E-state index contributed by atoms with van der Waals surface area (Å²) in [6.45, 7) is 3.76. The van der Waals surface area contributed by atoms with Gasteiger partial charge in [-0.2, -0.15) is 0 Å². The first-order valence-electron chi connectivity index (χ1n) is 4.79. The SMILES string of the molecule is Cc1sccc1CNC1CNC(=O)C1. The van der Waals surface area contributed by atoms with E-state index in [0.29, 0.717) is 12.5 Å². The van der Waals surface area contributed by atoms with Gasteiger partial charge in [-0.3, -0.25) is 4.79 Å². The molecule has 2 rings (SSSR count). The van der Waals surface area contributed by atoms with Crippen molar-refractivity contribution >= 4 is 17.2 Å². The first kappa shape index (κ1) is 9.68. The second-order valence-electron chi connectivity index (χ2n) is 3.59. The molecule has 14 heavy (non-hydrogen) atoms. The van der Waals surface area contributed by atoms with Crippen LogP contribution in [0.1, 0.15) is 16.9 Å². The number of hydrogen-bond donors (Lipinski definition) is 2. The van der Waals surface area contributed by atoms with Gasteiger partial charge in [-0.05, 0) is 23.9 Å². The van der Waals surface area contributed by atoms with E-state index in [0.717, 1.165) is 13.1 Å². The Balaban J connectivity index is 1.83. The van der Waals surface area contributed by atoms with Gasteiger partial charge in [0.05, 0.1) is 0 Å². The molecule has 1 saturated heterocycles. The monoisotopic (exact) mass is 210 g/mol. The molecule has 1 amide bonds. The normalized spacial score (nSPS) is 21.2. The van der Waals surface area contributed by atoms with Gasteiger partial charge >= 0.3 is 0 Å². The molecule has 1 fully saturated rings. The van der Waals surface area contributed by atoms with Crippen LogP contribution < -0.4 is 10.6 Å². The standard InChI is InChI=1S/C10H14N2OS/c1-7-8(2-3-14-7)5-11-9-4-10(13)12-6-9/h2-3,9,11H,4-6H2,1H3,(H,12,13). The number of carbonyl (C=O) groups excluding carboxylic acids is 1. The lowest BCUT2D eigenvalue weighted by Gasteiger charge is -2.09. The van der Waals surface area contributed by atoms with Crippen LogP contribution in [0.3, 0.4) is 0 Å². The molecule has 0 aromatic carbocycles. The second kappa shape index (κ2) is 4.11. The molecule has 4 heteroatoms. The third kappa shape index (κ3) is 2.13. The highest BCUT2D eigenvalue weighted by molar-refractivity contribution is 7.10. The van der Waals surface area contributed by atoms with E-state index in [9.17, 15) is 4.79 Å². The molecule has 1 unspecified atom stereocenters. The van der Waals surface area contributed by atoms with E-state index in [4.69, 9.17) is 0 Å². The summed E-state index contributed by atoms with van der Waals surface area (Å²) in [6.07, 6.45) is 0.614. The molecule has 76 valence electrons. The minimum atomic E-state index is 0.157. The minimum absolute atomic E-state index is 0.157. The third-order valence-electron chi connectivity index (χ3n) is 2.52. The van der Waals surface area contributed by atoms with Gasteiger partial charge < -0.3 is 10.6 Å². The largest absolute Gasteiger partial charge is 0.354 e. The van der Waals surface area contributed by atoms with Crippen molar-refractivity contribution in [2.75, 3.05) is 6.54 Å². The Bertz CT molecular complexity index is 335. The molecule has 0 bridgehead atoms. The molecule has 0 aliphatic carbocycles. The fraction of sp³-hybridized carbons (Fsp3) is 0.500. The summed E-state index contributed by atoms with van der Waals surface area (Å²) in [7, 11) is 0. The highest BCUT2D eigenvalue weighted by atomic mass is 32.1. The number of nitrogens with one attached hydrogen (secondary N) is 2. The van der Waals surface area contributed by atoms with Crippen molar-refractivity contribution < 1.29 is 4.79 Å². The quantitative estimate of drug-likeness (QED) is 0.782. The third-order valence-corrected chi connectivity index (χ3v) is 3.41. The van der Waals surface area contributed by atoms with E-state index < -0.39 is 0 Å². The zero-order chi connectivity index (χ0) is 9.97. The van der Waals surface area contributed by atoms with E-state index >= 15 is 0 Å². The molecule has 3 nitrogen and oxygen atoms in total. The Kier molecular flexibility index (Phi) is 2.84. The average molecular weight is 210 g/mol. The molecule has 0 radical (unpaired) electrons. The fourth-order valence-corrected chi connectivity index (χ4v) is 2.33. The average Bonchev–Trinajstić information content (AvgIpc) is 2.72. The van der Waals surface area contributed by atoms with Crippen LogP contribution in [-0.4, -0.2) is 18.5 Å². The predicted octanol–water partition coefficient (Wildman–Crippen LogP) is 1.03. The molecule has 1 aliphatic rings. The number of hydrogen-bond acceptors (Lipinski definition) is 3. The zero-order valence-corrected chi connectivity index (χ0v) is 8.99. The number of thiophene rings is 1. The van der Waals surface area contributed by atoms with E-state index in [1.807, 2.05) is 0 Å². The molecule has 0 saturated carbocycles. The number of amides is 1. The van der Waals surface area contributed by atoms with E-state index in [2.05, 4.69) is 29.0 Å². The molecule has 2 N–H and O–H groups in total. The van der Waals surface area contributed by atoms with Crippen molar-refractivity contribution in [2.24, 2.45) is 0 Å². The molecule has 1 atom stereocenters. The summed E-state index contributed by atoms with van der Waals surface area (Å²) in [5, 5.41) is 8.30. The van der Waals surface area contributed by atoms with Gasteiger partial charge in [0.25, 0.3) is 0 Å². The van der Waals surface area contributed by atoms with Gasteiger partial charge in [0.1, 0.15) is 0 Å². The van der Waals surface area contributed by atoms with Crippen molar-refractivity contribution in [3.63, 3.8) is 0 Å². The second-order valence-corrected chi connectivity index (χ2v) is 4.71. The van der Waals surface area contributed by atoms with E-state index in [1.165, 1.54) is 10.4 Å². The fourth-order valence-electron chi connectivity index (χ4n) is 1.60. The van der Waals surface area contributed by atoms with E-state index in [-0.39, 0.29) is 5.91 Å². The predicted molar refractivity (Wildman–Crippen MR) is 57.3 cm³/mol. The number of carbonyl (C=O) groups is 1. The Labute approximate surface area is 87.5 Å². The number of aryl methyl sites for hydroxylation is 1. The lowest BCUT2D eigenvalue weighted by Crippen LogP contribution is -2.30. The molecule has 1 aromatic rings. The van der Waals surface area contributed by atoms with E-state index in [1.54, 1.807) is 11.3 Å². The molecule has 1 aromatic heterocycles. The van der Waals surface area contributed by atoms with Crippen LogP contribution in [0.2, 0.25) is 0 Å². The molecule has 1 aliphatic heterocycles. The van der Waals surface area contributed by atoms with Crippen LogP contribution in [0.5, 0.6) is 0 Å². The van der Waals surface area contributed by atoms with Crippen LogP contribution in [0, 0.1) is 6.92 Å². The minimum Gasteiger partial charge on any atom is -0.354 e. The van der Waals surface area contributed by atoms with Crippen LogP contribution in [-0.2, 0) is 11.3 Å². The Morgan fingerprint density at radius 3 is 3.14 bits per heavy atom. The van der Waals surface area contributed by atoms with Gasteiger partial charge in [-0.15, -0.1) is 11.3 Å². The first-order valence-corrected chi connectivity index (χ1v) is 5.66. The summed E-state index contributed by atoms with van der Waals surface area (Å²) >= 11 is 1.76. The first-order chi connectivity index (χ1) is 6.75. The zero-order valence-electron chi connectivity index (χ0n) is 8.17. The van der Waals surface area contributed by atoms with Crippen LogP contribution in [0.15, 0.2) is 11.4 Å². The summed E-state index contributed by atoms with van der Waals surface area (Å²) in [6, 6.07) is 2.44.